The lowest BCUT2D eigenvalue weighted by Gasteiger charge is -2.34. The predicted octanol–water partition coefficient (Wildman–Crippen LogP) is 2.77. The van der Waals surface area contributed by atoms with E-state index in [9.17, 15) is 0 Å². The Kier molecular flexibility index (Phi) is 11.0. The van der Waals surface area contributed by atoms with Gasteiger partial charge in [-0.2, -0.15) is 0 Å². The van der Waals surface area contributed by atoms with Crippen LogP contribution in [0.25, 0.3) is 0 Å². The van der Waals surface area contributed by atoms with E-state index in [4.69, 9.17) is 4.99 Å². The molecule has 0 aromatic carbocycles. The van der Waals surface area contributed by atoms with E-state index in [1.165, 1.54) is 44.0 Å². The molecule has 1 aromatic heterocycles. The number of nitrogens with zero attached hydrogens (tertiary/aromatic N) is 4. The number of piperidine rings is 1. The summed E-state index contributed by atoms with van der Waals surface area (Å²) in [5.74, 6) is 1.57. The minimum absolute atomic E-state index is 0. The molecular formula is C21H39IN6S. The van der Waals surface area contributed by atoms with Crippen LogP contribution in [0.2, 0.25) is 0 Å². The van der Waals surface area contributed by atoms with Crippen molar-refractivity contribution in [3.63, 3.8) is 0 Å². The lowest BCUT2D eigenvalue weighted by Crippen LogP contribution is -2.49. The summed E-state index contributed by atoms with van der Waals surface area (Å²) in [6.45, 7) is 14.4. The largest absolute Gasteiger partial charge is 0.363 e. The molecular weight excluding hydrogens is 495 g/mol. The van der Waals surface area contributed by atoms with Crippen LogP contribution in [0.4, 0.5) is 5.00 Å². The minimum Gasteiger partial charge on any atom is -0.363 e. The zero-order valence-corrected chi connectivity index (χ0v) is 21.4. The maximum absolute atomic E-state index is 4.90. The van der Waals surface area contributed by atoms with Gasteiger partial charge in [0.2, 0.25) is 0 Å². The van der Waals surface area contributed by atoms with Crippen molar-refractivity contribution < 1.29 is 0 Å². The highest BCUT2D eigenvalue weighted by atomic mass is 127. The van der Waals surface area contributed by atoms with Gasteiger partial charge in [-0.3, -0.25) is 4.99 Å². The molecule has 1 atom stereocenters. The van der Waals surface area contributed by atoms with E-state index in [1.807, 2.05) is 11.3 Å². The van der Waals surface area contributed by atoms with Crippen LogP contribution in [-0.4, -0.2) is 87.8 Å². The van der Waals surface area contributed by atoms with Gasteiger partial charge in [-0.15, -0.1) is 35.3 Å². The topological polar surface area (TPSA) is 46.1 Å². The van der Waals surface area contributed by atoms with Crippen molar-refractivity contribution in [3.05, 3.63) is 17.5 Å². The molecule has 0 aliphatic carbocycles. The van der Waals surface area contributed by atoms with Gasteiger partial charge < -0.3 is 25.3 Å². The first kappa shape index (κ1) is 24.7. The third kappa shape index (κ3) is 8.22. The Morgan fingerprint density at radius 2 is 1.93 bits per heavy atom. The standard InChI is InChI=1S/C21H38N6S.HI/c1-4-22-21(23-16-18(2)17-26-13-11-25(3)12-14-26)24-19-7-9-27(10-8-19)20-6-5-15-28-20;/h5-6,15,18-19H,4,7-14,16-17H2,1-3H3,(H2,22,23,24);1H. The van der Waals surface area contributed by atoms with E-state index in [0.29, 0.717) is 12.0 Å². The molecule has 0 bridgehead atoms. The van der Waals surface area contributed by atoms with Crippen LogP contribution in [0.5, 0.6) is 0 Å². The number of aliphatic imine (C=N–C) groups is 1. The lowest BCUT2D eigenvalue weighted by molar-refractivity contribution is 0.140. The maximum Gasteiger partial charge on any atom is 0.191 e. The highest BCUT2D eigenvalue weighted by Crippen LogP contribution is 2.24. The average Bonchev–Trinajstić information content (AvgIpc) is 3.23. The minimum atomic E-state index is 0. The van der Waals surface area contributed by atoms with Crippen LogP contribution in [0.15, 0.2) is 22.5 Å². The van der Waals surface area contributed by atoms with Crippen LogP contribution in [0.1, 0.15) is 26.7 Å². The highest BCUT2D eigenvalue weighted by molar-refractivity contribution is 14.0. The van der Waals surface area contributed by atoms with Crippen molar-refractivity contribution in [2.45, 2.75) is 32.7 Å². The second kappa shape index (κ2) is 13.0. The number of hydrogen-bond acceptors (Lipinski definition) is 5. The third-order valence-electron chi connectivity index (χ3n) is 5.72. The van der Waals surface area contributed by atoms with E-state index < -0.39 is 0 Å². The SMILES string of the molecule is CCNC(=NCC(C)CN1CCN(C)CC1)NC1CCN(c2cccs2)CC1.I. The van der Waals surface area contributed by atoms with Gasteiger partial charge in [0.1, 0.15) is 0 Å². The molecule has 3 heterocycles. The monoisotopic (exact) mass is 534 g/mol. The number of thiophene rings is 1. The zero-order chi connectivity index (χ0) is 19.8. The molecule has 2 fully saturated rings. The average molecular weight is 535 g/mol. The number of anilines is 1. The first-order valence-electron chi connectivity index (χ1n) is 10.9. The summed E-state index contributed by atoms with van der Waals surface area (Å²) in [7, 11) is 2.21. The molecule has 0 spiro atoms. The van der Waals surface area contributed by atoms with Gasteiger partial charge in [0, 0.05) is 64.9 Å². The Morgan fingerprint density at radius 3 is 2.55 bits per heavy atom. The molecule has 3 rings (SSSR count). The van der Waals surface area contributed by atoms with E-state index in [2.05, 4.69) is 63.7 Å². The van der Waals surface area contributed by atoms with E-state index in [-0.39, 0.29) is 24.0 Å². The Morgan fingerprint density at radius 1 is 1.21 bits per heavy atom. The van der Waals surface area contributed by atoms with Crippen molar-refractivity contribution in [3.8, 4) is 0 Å². The van der Waals surface area contributed by atoms with Gasteiger partial charge in [-0.05, 0) is 50.2 Å². The number of hydrogen-bond donors (Lipinski definition) is 2. The summed E-state index contributed by atoms with van der Waals surface area (Å²) in [4.78, 5) is 12.4. The first-order valence-corrected chi connectivity index (χ1v) is 11.8. The Balaban J connectivity index is 0.00000300. The number of guanidine groups is 1. The number of nitrogens with one attached hydrogen (secondary N) is 2. The molecule has 1 aromatic rings. The molecule has 2 saturated heterocycles. The molecule has 2 aliphatic rings. The molecule has 1 unspecified atom stereocenters. The molecule has 166 valence electrons. The molecule has 2 aliphatic heterocycles. The van der Waals surface area contributed by atoms with Crippen LogP contribution in [-0.2, 0) is 0 Å². The van der Waals surface area contributed by atoms with Crippen LogP contribution >= 0.6 is 35.3 Å². The predicted molar refractivity (Wildman–Crippen MR) is 137 cm³/mol. The number of rotatable bonds is 7. The quantitative estimate of drug-likeness (QED) is 0.320. The number of piperazine rings is 1. The van der Waals surface area contributed by atoms with E-state index in [1.54, 1.807) is 0 Å². The van der Waals surface area contributed by atoms with Crippen molar-refractivity contribution >= 4 is 46.3 Å². The second-order valence-corrected chi connectivity index (χ2v) is 9.21. The summed E-state index contributed by atoms with van der Waals surface area (Å²) in [6.07, 6.45) is 2.33. The fourth-order valence-electron chi connectivity index (χ4n) is 3.98. The summed E-state index contributed by atoms with van der Waals surface area (Å²) >= 11 is 1.84. The van der Waals surface area contributed by atoms with Crippen molar-refractivity contribution in [1.29, 1.82) is 0 Å². The smallest absolute Gasteiger partial charge is 0.191 e. The third-order valence-corrected chi connectivity index (χ3v) is 6.65. The summed E-state index contributed by atoms with van der Waals surface area (Å²) < 4.78 is 0. The molecule has 8 heteroatoms. The molecule has 0 radical (unpaired) electrons. The Hall–Kier alpha value is -0.580. The van der Waals surface area contributed by atoms with Gasteiger partial charge in [0.25, 0.3) is 0 Å². The zero-order valence-electron chi connectivity index (χ0n) is 18.3. The van der Waals surface area contributed by atoms with Gasteiger partial charge >= 0.3 is 0 Å². The fraction of sp³-hybridized carbons (Fsp3) is 0.762. The Labute approximate surface area is 198 Å². The summed E-state index contributed by atoms with van der Waals surface area (Å²) in [6, 6.07) is 4.89. The van der Waals surface area contributed by atoms with Crippen LogP contribution in [0.3, 0.4) is 0 Å². The van der Waals surface area contributed by atoms with Crippen LogP contribution in [0, 0.1) is 5.92 Å². The van der Waals surface area contributed by atoms with Crippen LogP contribution < -0.4 is 15.5 Å². The summed E-state index contributed by atoms with van der Waals surface area (Å²) in [5, 5.41) is 10.7. The van der Waals surface area contributed by atoms with E-state index >= 15 is 0 Å². The molecule has 6 nitrogen and oxygen atoms in total. The van der Waals surface area contributed by atoms with Crippen molar-refractivity contribution in [2.75, 3.05) is 70.9 Å². The normalized spacial score (nSPS) is 20.9. The second-order valence-electron chi connectivity index (χ2n) is 8.29. The van der Waals surface area contributed by atoms with Gasteiger partial charge in [0.05, 0.1) is 5.00 Å². The molecule has 2 N–H and O–H groups in total. The molecule has 0 saturated carbocycles. The molecule has 0 amide bonds. The number of halogens is 1. The highest BCUT2D eigenvalue weighted by Gasteiger charge is 2.21. The Bertz CT molecular complexity index is 580. The van der Waals surface area contributed by atoms with E-state index in [0.717, 1.165) is 38.7 Å². The molecule has 29 heavy (non-hydrogen) atoms. The number of likely N-dealkylation sites (N-methyl/N-ethyl adjacent to an activating group) is 1. The lowest BCUT2D eigenvalue weighted by atomic mass is 10.1. The maximum atomic E-state index is 4.90. The van der Waals surface area contributed by atoms with Gasteiger partial charge in [-0.1, -0.05) is 6.92 Å². The summed E-state index contributed by atoms with van der Waals surface area (Å²) in [5.41, 5.74) is 0. The van der Waals surface area contributed by atoms with Gasteiger partial charge in [-0.25, -0.2) is 0 Å². The van der Waals surface area contributed by atoms with Crippen molar-refractivity contribution in [2.24, 2.45) is 10.9 Å². The van der Waals surface area contributed by atoms with Crippen molar-refractivity contribution in [1.82, 2.24) is 20.4 Å². The first-order chi connectivity index (χ1) is 13.6. The fourth-order valence-corrected chi connectivity index (χ4v) is 4.77. The van der Waals surface area contributed by atoms with Gasteiger partial charge in [0.15, 0.2) is 5.96 Å².